The van der Waals surface area contributed by atoms with Crippen molar-refractivity contribution in [3.63, 3.8) is 0 Å². The van der Waals surface area contributed by atoms with Crippen molar-refractivity contribution in [2.24, 2.45) is 0 Å². The Morgan fingerprint density at radius 2 is 1.73 bits per heavy atom. The number of hydrogen-bond acceptors (Lipinski definition) is 6. The molecule has 1 aliphatic carbocycles. The molecule has 33 heavy (non-hydrogen) atoms. The summed E-state index contributed by atoms with van der Waals surface area (Å²) >= 11 is 4.66. The second kappa shape index (κ2) is 10.3. The molecule has 1 atom stereocenters. The highest BCUT2D eigenvalue weighted by Crippen LogP contribution is 2.32. The molecule has 0 radical (unpaired) electrons. The summed E-state index contributed by atoms with van der Waals surface area (Å²) in [5.74, 6) is -0.603. The van der Waals surface area contributed by atoms with Gasteiger partial charge in [-0.25, -0.2) is 14.9 Å². The van der Waals surface area contributed by atoms with Gasteiger partial charge in [0.05, 0.1) is 17.9 Å². The third kappa shape index (κ3) is 5.46. The van der Waals surface area contributed by atoms with Crippen LogP contribution in [0.1, 0.15) is 49.9 Å². The first-order valence-corrected chi connectivity index (χ1v) is 13.0. The quantitative estimate of drug-likeness (QED) is 0.312. The van der Waals surface area contributed by atoms with E-state index >= 15 is 0 Å². The van der Waals surface area contributed by atoms with E-state index in [1.54, 1.807) is 29.2 Å². The van der Waals surface area contributed by atoms with Crippen LogP contribution < -0.4 is 4.90 Å². The number of nitrogens with zero attached hydrogens (tertiary/aromatic N) is 4. The zero-order chi connectivity index (χ0) is 23.5. The fourth-order valence-electron chi connectivity index (χ4n) is 4.64. The lowest BCUT2D eigenvalue weighted by Gasteiger charge is -2.37. The van der Waals surface area contributed by atoms with Crippen molar-refractivity contribution in [2.45, 2.75) is 69.6 Å². The molecule has 3 amide bonds. The normalized spacial score (nSPS) is 19.2. The number of hydrogen-bond donors (Lipinski definition) is 0. The minimum absolute atomic E-state index is 0.0157. The Morgan fingerprint density at radius 3 is 2.36 bits per heavy atom. The van der Waals surface area contributed by atoms with Crippen molar-refractivity contribution in [1.29, 1.82) is 0 Å². The number of carbonyl (C=O) groups excluding carboxylic acids is 3. The second-order valence-electron chi connectivity index (χ2n) is 8.58. The molecule has 2 heterocycles. The Balaban J connectivity index is 1.56. The van der Waals surface area contributed by atoms with E-state index in [4.69, 9.17) is 0 Å². The zero-order valence-electron chi connectivity index (χ0n) is 18.8. The summed E-state index contributed by atoms with van der Waals surface area (Å²) in [5, 5.41) is 0.551. The molecule has 174 valence electrons. The van der Waals surface area contributed by atoms with Crippen LogP contribution >= 0.6 is 27.7 Å². The molecular formula is C24H27BrN4O3S. The van der Waals surface area contributed by atoms with Crippen LogP contribution in [0.4, 0.5) is 5.69 Å². The summed E-state index contributed by atoms with van der Waals surface area (Å²) < 4.78 is 0.867. The second-order valence-corrected chi connectivity index (χ2v) is 10.4. The van der Waals surface area contributed by atoms with Crippen molar-refractivity contribution in [2.75, 3.05) is 10.7 Å². The Kier molecular flexibility index (Phi) is 7.48. The smallest absolute Gasteiger partial charge is 0.257 e. The van der Waals surface area contributed by atoms with Crippen molar-refractivity contribution in [3.8, 4) is 0 Å². The number of aryl methyl sites for hydroxylation is 2. The molecule has 2 aliphatic rings. The SMILES string of the molecule is Cc1cc(C)nc(SCC(=O)N(C2CCCCC2)C2CC(=O)N(c3ccc(Br)cc3)C2=O)n1. The monoisotopic (exact) mass is 530 g/mol. The van der Waals surface area contributed by atoms with E-state index in [1.807, 2.05) is 19.9 Å². The maximum Gasteiger partial charge on any atom is 0.257 e. The van der Waals surface area contributed by atoms with E-state index in [2.05, 4.69) is 25.9 Å². The molecule has 4 rings (SSSR count). The molecule has 7 nitrogen and oxygen atoms in total. The van der Waals surface area contributed by atoms with Gasteiger partial charge in [0, 0.05) is 21.9 Å². The van der Waals surface area contributed by atoms with E-state index in [9.17, 15) is 14.4 Å². The van der Waals surface area contributed by atoms with E-state index in [0.717, 1.165) is 48.0 Å². The number of amides is 3. The summed E-state index contributed by atoms with van der Waals surface area (Å²) in [4.78, 5) is 51.5. The summed E-state index contributed by atoms with van der Waals surface area (Å²) in [6, 6.07) is 8.17. The predicted octanol–water partition coefficient (Wildman–Crippen LogP) is 4.44. The molecule has 1 aromatic heterocycles. The number of thioether (sulfide) groups is 1. The standard InChI is InChI=1S/C24H27BrN4O3S/c1-15-12-16(2)27-24(26-15)33-14-22(31)28(18-6-4-3-5-7-18)20-13-21(30)29(23(20)32)19-10-8-17(25)9-11-19/h8-12,18,20H,3-7,13-14H2,1-2H3. The average Bonchev–Trinajstić information content (AvgIpc) is 3.07. The van der Waals surface area contributed by atoms with Crippen molar-refractivity contribution in [3.05, 3.63) is 46.2 Å². The first-order chi connectivity index (χ1) is 15.8. The minimum atomic E-state index is -0.766. The van der Waals surface area contributed by atoms with Crippen LogP contribution in [0, 0.1) is 13.8 Å². The van der Waals surface area contributed by atoms with Gasteiger partial charge in [-0.1, -0.05) is 47.0 Å². The highest BCUT2D eigenvalue weighted by atomic mass is 79.9. The first-order valence-electron chi connectivity index (χ1n) is 11.2. The van der Waals surface area contributed by atoms with Gasteiger partial charge in [0.25, 0.3) is 5.91 Å². The van der Waals surface area contributed by atoms with E-state index in [0.29, 0.717) is 10.8 Å². The van der Waals surface area contributed by atoms with E-state index in [1.165, 1.54) is 16.7 Å². The van der Waals surface area contributed by atoms with Crippen LogP contribution in [-0.4, -0.2) is 50.4 Å². The molecule has 0 bridgehead atoms. The summed E-state index contributed by atoms with van der Waals surface area (Å²) in [6.45, 7) is 3.79. The van der Waals surface area contributed by atoms with Gasteiger partial charge in [0.2, 0.25) is 11.8 Å². The number of aromatic nitrogens is 2. The first kappa shape index (κ1) is 23.9. The summed E-state index contributed by atoms with van der Waals surface area (Å²) in [6.07, 6.45) is 4.90. The maximum atomic E-state index is 13.5. The Labute approximate surface area is 206 Å². The van der Waals surface area contributed by atoms with Crippen LogP contribution in [0.15, 0.2) is 40.0 Å². The lowest BCUT2D eigenvalue weighted by atomic mass is 9.92. The van der Waals surface area contributed by atoms with Gasteiger partial charge >= 0.3 is 0 Å². The molecule has 0 N–H and O–H groups in total. The number of rotatable bonds is 6. The largest absolute Gasteiger partial charge is 0.326 e. The molecule has 1 saturated heterocycles. The van der Waals surface area contributed by atoms with E-state index in [-0.39, 0.29) is 35.9 Å². The third-order valence-corrected chi connectivity index (χ3v) is 7.45. The van der Waals surface area contributed by atoms with Crippen LogP contribution in [0.2, 0.25) is 0 Å². The Hall–Kier alpha value is -2.26. The van der Waals surface area contributed by atoms with Crippen LogP contribution in [0.25, 0.3) is 0 Å². The number of imide groups is 1. The number of benzene rings is 1. The topological polar surface area (TPSA) is 83.5 Å². The summed E-state index contributed by atoms with van der Waals surface area (Å²) in [7, 11) is 0. The number of halogens is 1. The van der Waals surface area contributed by atoms with Gasteiger partial charge in [-0.3, -0.25) is 14.4 Å². The average molecular weight is 531 g/mol. The van der Waals surface area contributed by atoms with Crippen molar-refractivity contribution < 1.29 is 14.4 Å². The Morgan fingerprint density at radius 1 is 1.09 bits per heavy atom. The fraction of sp³-hybridized carbons (Fsp3) is 0.458. The summed E-state index contributed by atoms with van der Waals surface area (Å²) in [5.41, 5.74) is 2.23. The lowest BCUT2D eigenvalue weighted by molar-refractivity contribution is -0.139. The van der Waals surface area contributed by atoms with Crippen molar-refractivity contribution >= 4 is 51.1 Å². The van der Waals surface area contributed by atoms with Gasteiger partial charge in [0.1, 0.15) is 6.04 Å². The van der Waals surface area contributed by atoms with Gasteiger partial charge in [-0.15, -0.1) is 0 Å². The fourth-order valence-corrected chi connectivity index (χ4v) is 5.73. The third-order valence-electron chi connectivity index (χ3n) is 6.09. The predicted molar refractivity (Wildman–Crippen MR) is 131 cm³/mol. The Bertz CT molecular complexity index is 1040. The molecule has 1 saturated carbocycles. The molecule has 9 heteroatoms. The maximum absolute atomic E-state index is 13.5. The lowest BCUT2D eigenvalue weighted by Crippen LogP contribution is -2.52. The molecule has 1 aliphatic heterocycles. The number of anilines is 1. The van der Waals surface area contributed by atoms with Crippen LogP contribution in [0.3, 0.4) is 0 Å². The van der Waals surface area contributed by atoms with Gasteiger partial charge < -0.3 is 4.90 Å². The molecule has 2 aromatic rings. The highest BCUT2D eigenvalue weighted by molar-refractivity contribution is 9.10. The molecular weight excluding hydrogens is 504 g/mol. The van der Waals surface area contributed by atoms with Crippen LogP contribution in [-0.2, 0) is 14.4 Å². The van der Waals surface area contributed by atoms with Gasteiger partial charge in [-0.05, 0) is 57.0 Å². The zero-order valence-corrected chi connectivity index (χ0v) is 21.2. The molecule has 1 aromatic carbocycles. The van der Waals surface area contributed by atoms with Crippen molar-refractivity contribution in [1.82, 2.24) is 14.9 Å². The van der Waals surface area contributed by atoms with Gasteiger partial charge in [-0.2, -0.15) is 0 Å². The van der Waals surface area contributed by atoms with Crippen LogP contribution in [0.5, 0.6) is 0 Å². The molecule has 2 fully saturated rings. The minimum Gasteiger partial charge on any atom is -0.326 e. The van der Waals surface area contributed by atoms with Gasteiger partial charge in [0.15, 0.2) is 5.16 Å². The molecule has 1 unspecified atom stereocenters. The molecule has 0 spiro atoms. The number of carbonyl (C=O) groups is 3. The van der Waals surface area contributed by atoms with E-state index < -0.39 is 6.04 Å². The highest BCUT2D eigenvalue weighted by Gasteiger charge is 2.46.